The lowest BCUT2D eigenvalue weighted by molar-refractivity contribution is 0.670. The molecule has 0 N–H and O–H groups in total. The molecule has 2 aromatic heterocycles. The lowest BCUT2D eigenvalue weighted by Gasteiger charge is -2.26. The van der Waals surface area contributed by atoms with Gasteiger partial charge in [-0.05, 0) is 98.6 Å². The van der Waals surface area contributed by atoms with Crippen LogP contribution in [0.3, 0.4) is 0 Å². The molecule has 12 aromatic rings. The van der Waals surface area contributed by atoms with Gasteiger partial charge in [0.05, 0.1) is 5.69 Å². The summed E-state index contributed by atoms with van der Waals surface area (Å²) in [6.07, 6.45) is 0. The Hall–Kier alpha value is -7.98. The van der Waals surface area contributed by atoms with E-state index in [1.807, 2.05) is 11.3 Å². The first-order chi connectivity index (χ1) is 31.2. The highest BCUT2D eigenvalue weighted by Crippen LogP contribution is 2.47. The van der Waals surface area contributed by atoms with Gasteiger partial charge in [0.2, 0.25) is 0 Å². The lowest BCUT2D eigenvalue weighted by Crippen LogP contribution is -2.10. The van der Waals surface area contributed by atoms with E-state index in [0.29, 0.717) is 0 Å². The summed E-state index contributed by atoms with van der Waals surface area (Å²) in [5.74, 6) is 0. The van der Waals surface area contributed by atoms with Crippen molar-refractivity contribution in [1.82, 2.24) is 0 Å². The van der Waals surface area contributed by atoms with Crippen LogP contribution in [0.5, 0.6) is 0 Å². The maximum atomic E-state index is 7.17. The van der Waals surface area contributed by atoms with Crippen LogP contribution in [0.1, 0.15) is 0 Å². The normalized spacial score (nSPS) is 11.5. The van der Waals surface area contributed by atoms with Gasteiger partial charge in [0, 0.05) is 47.9 Å². The number of hydrogen-bond donors (Lipinski definition) is 0. The highest BCUT2D eigenvalue weighted by Gasteiger charge is 2.22. The topological polar surface area (TPSA) is 16.4 Å². The molecule has 0 aliphatic carbocycles. The lowest BCUT2D eigenvalue weighted by atomic mass is 9.94. The van der Waals surface area contributed by atoms with Crippen molar-refractivity contribution in [3.05, 3.63) is 237 Å². The van der Waals surface area contributed by atoms with Crippen LogP contribution >= 0.6 is 11.3 Å². The zero-order valence-corrected chi connectivity index (χ0v) is 35.1. The molecule has 0 saturated heterocycles. The van der Waals surface area contributed by atoms with E-state index < -0.39 is 0 Å². The third-order valence-corrected chi connectivity index (χ3v) is 13.5. The molecule has 2 nitrogen and oxygen atoms in total. The van der Waals surface area contributed by atoms with Gasteiger partial charge in [-0.15, -0.1) is 11.3 Å². The molecular formula is C60H39NOS. The molecule has 0 unspecified atom stereocenters. The second kappa shape index (κ2) is 15.5. The quantitative estimate of drug-likeness (QED) is 0.152. The number of anilines is 3. The molecule has 0 atom stereocenters. The van der Waals surface area contributed by atoms with Crippen LogP contribution in [0, 0.1) is 0 Å². The molecular weight excluding hydrogens is 783 g/mol. The molecule has 0 radical (unpaired) electrons. The van der Waals surface area contributed by atoms with Crippen molar-refractivity contribution in [2.75, 3.05) is 4.90 Å². The van der Waals surface area contributed by atoms with E-state index in [1.54, 1.807) is 0 Å². The van der Waals surface area contributed by atoms with Gasteiger partial charge in [-0.3, -0.25) is 0 Å². The summed E-state index contributed by atoms with van der Waals surface area (Å²) in [7, 11) is 0. The van der Waals surface area contributed by atoms with Crippen molar-refractivity contribution in [3.63, 3.8) is 0 Å². The smallest absolute Gasteiger partial charge is 0.159 e. The Kier molecular flexibility index (Phi) is 9.06. The van der Waals surface area contributed by atoms with Crippen molar-refractivity contribution in [1.29, 1.82) is 0 Å². The number of furan rings is 1. The minimum absolute atomic E-state index is 0.840. The minimum Gasteiger partial charge on any atom is -0.453 e. The molecule has 0 aliphatic rings. The van der Waals surface area contributed by atoms with Crippen LogP contribution in [0.15, 0.2) is 241 Å². The fraction of sp³-hybridized carbons (Fsp3) is 0. The van der Waals surface area contributed by atoms with Crippen LogP contribution in [-0.4, -0.2) is 0 Å². The van der Waals surface area contributed by atoms with Crippen LogP contribution in [0.2, 0.25) is 0 Å². The Labute approximate surface area is 370 Å². The van der Waals surface area contributed by atoms with Crippen LogP contribution in [0.25, 0.3) is 97.7 Å². The first-order valence-electron chi connectivity index (χ1n) is 21.4. The first kappa shape index (κ1) is 36.8. The monoisotopic (exact) mass is 821 g/mol. The van der Waals surface area contributed by atoms with E-state index in [2.05, 4.69) is 241 Å². The summed E-state index contributed by atoms with van der Waals surface area (Å²) in [5, 5.41) is 4.77. The van der Waals surface area contributed by atoms with E-state index in [-0.39, 0.29) is 0 Å². The highest BCUT2D eigenvalue weighted by atomic mass is 32.1. The average Bonchev–Trinajstić information content (AvgIpc) is 3.94. The van der Waals surface area contributed by atoms with Crippen molar-refractivity contribution in [2.45, 2.75) is 0 Å². The zero-order valence-electron chi connectivity index (χ0n) is 34.3. The molecule has 0 fully saturated rings. The molecule has 0 spiro atoms. The van der Waals surface area contributed by atoms with Crippen LogP contribution < -0.4 is 4.90 Å². The maximum Gasteiger partial charge on any atom is 0.159 e. The Bertz CT molecular complexity index is 3590. The van der Waals surface area contributed by atoms with E-state index >= 15 is 0 Å². The number of fused-ring (bicyclic) bond motifs is 6. The summed E-state index contributed by atoms with van der Waals surface area (Å²) < 4.78 is 9.79. The highest BCUT2D eigenvalue weighted by molar-refractivity contribution is 7.26. The van der Waals surface area contributed by atoms with Gasteiger partial charge in [-0.1, -0.05) is 188 Å². The Morgan fingerprint density at radius 2 is 0.794 bits per heavy atom. The number of rotatable bonds is 8. The van der Waals surface area contributed by atoms with Gasteiger partial charge in [-0.25, -0.2) is 0 Å². The number of hydrogen-bond acceptors (Lipinski definition) is 3. The predicted molar refractivity (Wildman–Crippen MR) is 268 cm³/mol. The van der Waals surface area contributed by atoms with Gasteiger partial charge in [0.15, 0.2) is 5.58 Å². The number of thiophene rings is 1. The second-order valence-corrected chi connectivity index (χ2v) is 17.1. The summed E-state index contributed by atoms with van der Waals surface area (Å²) in [5.41, 5.74) is 16.5. The van der Waals surface area contributed by atoms with E-state index in [1.165, 1.54) is 53.6 Å². The summed E-state index contributed by atoms with van der Waals surface area (Å²) >= 11 is 1.87. The Morgan fingerprint density at radius 3 is 1.46 bits per heavy atom. The average molecular weight is 822 g/mol. The van der Waals surface area contributed by atoms with Gasteiger partial charge in [0.1, 0.15) is 5.58 Å². The molecule has 0 amide bonds. The van der Waals surface area contributed by atoms with Crippen LogP contribution in [0.4, 0.5) is 17.1 Å². The molecule has 12 rings (SSSR count). The van der Waals surface area contributed by atoms with Gasteiger partial charge in [-0.2, -0.15) is 0 Å². The first-order valence-corrected chi connectivity index (χ1v) is 22.2. The number of para-hydroxylation sites is 1. The van der Waals surface area contributed by atoms with E-state index in [0.717, 1.165) is 61.3 Å². The van der Waals surface area contributed by atoms with Crippen molar-refractivity contribution < 1.29 is 4.42 Å². The summed E-state index contributed by atoms with van der Waals surface area (Å²) in [6.45, 7) is 0. The SMILES string of the molecule is c1ccc(-c2cc(-c3ccccc3)c3oc4c(N(c5ccc(-c6ccccc6-c6ccccc6)cc5)c5ccc(-c6cccc7c6sc6ccccc67)cc5)cccc4c3c2)cc1. The predicted octanol–water partition coefficient (Wildman–Crippen LogP) is 17.8. The molecule has 0 bridgehead atoms. The fourth-order valence-corrected chi connectivity index (χ4v) is 10.5. The van der Waals surface area contributed by atoms with Crippen molar-refractivity contribution >= 4 is 70.5 Å². The third-order valence-electron chi connectivity index (χ3n) is 12.3. The Balaban J connectivity index is 1.04. The summed E-state index contributed by atoms with van der Waals surface area (Å²) in [6, 6.07) is 85.1. The van der Waals surface area contributed by atoms with E-state index in [9.17, 15) is 0 Å². The molecule has 10 aromatic carbocycles. The largest absolute Gasteiger partial charge is 0.453 e. The third kappa shape index (κ3) is 6.50. The van der Waals surface area contributed by atoms with Gasteiger partial charge in [0.25, 0.3) is 0 Å². The Morgan fingerprint density at radius 1 is 0.302 bits per heavy atom. The van der Waals surface area contributed by atoms with Crippen molar-refractivity contribution in [3.8, 4) is 55.6 Å². The van der Waals surface area contributed by atoms with E-state index in [4.69, 9.17) is 4.42 Å². The number of nitrogens with zero attached hydrogens (tertiary/aromatic N) is 1. The fourth-order valence-electron chi connectivity index (χ4n) is 9.28. The second-order valence-electron chi connectivity index (χ2n) is 16.0. The maximum absolute atomic E-state index is 7.17. The molecule has 296 valence electrons. The molecule has 0 saturated carbocycles. The molecule has 2 heterocycles. The van der Waals surface area contributed by atoms with Crippen molar-refractivity contribution in [2.24, 2.45) is 0 Å². The zero-order chi connectivity index (χ0) is 41.7. The minimum atomic E-state index is 0.840. The summed E-state index contributed by atoms with van der Waals surface area (Å²) in [4.78, 5) is 2.35. The molecule has 0 aliphatic heterocycles. The van der Waals surface area contributed by atoms with Gasteiger partial charge < -0.3 is 9.32 Å². The van der Waals surface area contributed by atoms with Crippen LogP contribution in [-0.2, 0) is 0 Å². The van der Waals surface area contributed by atoms with Gasteiger partial charge >= 0.3 is 0 Å². The molecule has 63 heavy (non-hydrogen) atoms. The standard InChI is InChI=1S/C60H39NOS/c1-4-16-40(17-5-1)45-38-54(42-20-8-3-9-21-42)58-55(39-45)52-26-15-28-56(59(52)62-58)61(46-34-30-43(31-35-46)49-23-11-10-22-48(49)41-18-6-2-7-19-41)47-36-32-44(33-37-47)50-25-14-27-53-51-24-12-13-29-57(51)63-60(50)53/h1-39H. The molecule has 3 heteroatoms. The number of benzene rings is 10.